The Morgan fingerprint density at radius 3 is 2.35 bits per heavy atom. The van der Waals surface area contributed by atoms with Crippen LogP contribution >= 0.6 is 0 Å². The first-order valence-electron chi connectivity index (χ1n) is 6.48. The molecule has 0 spiro atoms. The van der Waals surface area contributed by atoms with Crippen LogP contribution in [0, 0.1) is 0 Å². The van der Waals surface area contributed by atoms with E-state index in [-0.39, 0.29) is 13.1 Å². The van der Waals surface area contributed by atoms with Gasteiger partial charge in [-0.25, -0.2) is 8.42 Å². The van der Waals surface area contributed by atoms with Crippen LogP contribution in [0.15, 0.2) is 0 Å². The molecule has 0 heterocycles. The average molecular weight is 364 g/mol. The van der Waals surface area contributed by atoms with E-state index >= 15 is 0 Å². The Morgan fingerprint density at radius 2 is 1.91 bits per heavy atom. The third-order valence-corrected chi connectivity index (χ3v) is 4.50. The van der Waals surface area contributed by atoms with Gasteiger partial charge in [0, 0.05) is 20.0 Å². The first kappa shape index (κ1) is 21.6. The van der Waals surface area contributed by atoms with Crippen molar-refractivity contribution in [2.45, 2.75) is 26.1 Å². The normalized spacial score (nSPS) is 13.8. The highest BCUT2D eigenvalue weighted by Gasteiger charge is 2.32. The standard InChI is InChI=1S/C11H19F3N2O6S/c1-8(10(18)19)16(4-3-15-9(2)17)23(20,21)6-5-22-7-11(12,13)14/h8H,3-7H2,1-2H3,(H,15,17)(H,18,19). The zero-order valence-electron chi connectivity index (χ0n) is 12.6. The molecule has 0 aromatic heterocycles. The van der Waals surface area contributed by atoms with Gasteiger partial charge in [-0.05, 0) is 6.92 Å². The minimum absolute atomic E-state index is 0.129. The molecule has 0 saturated carbocycles. The Labute approximate surface area is 131 Å². The first-order chi connectivity index (χ1) is 10.4. The summed E-state index contributed by atoms with van der Waals surface area (Å²) in [5.74, 6) is -2.66. The maximum atomic E-state index is 12.1. The molecule has 0 aromatic carbocycles. The summed E-state index contributed by atoms with van der Waals surface area (Å²) in [6, 6.07) is -1.43. The van der Waals surface area contributed by atoms with Crippen molar-refractivity contribution in [1.29, 1.82) is 0 Å². The second kappa shape index (κ2) is 9.03. The molecule has 0 aliphatic carbocycles. The van der Waals surface area contributed by atoms with Gasteiger partial charge in [0.15, 0.2) is 0 Å². The number of nitrogens with one attached hydrogen (secondary N) is 1. The van der Waals surface area contributed by atoms with Crippen LogP contribution in [0.5, 0.6) is 0 Å². The van der Waals surface area contributed by atoms with Gasteiger partial charge in [-0.1, -0.05) is 0 Å². The summed E-state index contributed by atoms with van der Waals surface area (Å²) in [7, 11) is -4.17. The molecule has 23 heavy (non-hydrogen) atoms. The molecule has 1 unspecified atom stereocenters. The van der Waals surface area contributed by atoms with Gasteiger partial charge in [0.25, 0.3) is 0 Å². The molecule has 12 heteroatoms. The van der Waals surface area contributed by atoms with Crippen LogP contribution in [0.2, 0.25) is 0 Å². The Hall–Kier alpha value is -1.40. The molecule has 0 bridgehead atoms. The molecule has 0 aromatic rings. The number of hydrogen-bond donors (Lipinski definition) is 2. The molecule has 2 N–H and O–H groups in total. The van der Waals surface area contributed by atoms with E-state index in [1.54, 1.807) is 0 Å². The van der Waals surface area contributed by atoms with E-state index in [0.29, 0.717) is 4.31 Å². The molecule has 136 valence electrons. The van der Waals surface area contributed by atoms with Crippen molar-refractivity contribution in [3.63, 3.8) is 0 Å². The number of sulfonamides is 1. The number of carboxylic acids is 1. The molecule has 0 aliphatic rings. The lowest BCUT2D eigenvalue weighted by Crippen LogP contribution is -2.48. The Balaban J connectivity index is 4.77. The molecule has 0 fully saturated rings. The van der Waals surface area contributed by atoms with Crippen LogP contribution in [0.3, 0.4) is 0 Å². The quantitative estimate of drug-likeness (QED) is 0.520. The summed E-state index contributed by atoms with van der Waals surface area (Å²) in [5, 5.41) is 11.2. The summed E-state index contributed by atoms with van der Waals surface area (Å²) in [5.41, 5.74) is 0. The number of carbonyl (C=O) groups is 2. The van der Waals surface area contributed by atoms with E-state index in [4.69, 9.17) is 5.11 Å². The number of alkyl halides is 3. The van der Waals surface area contributed by atoms with Crippen LogP contribution in [0.25, 0.3) is 0 Å². The zero-order valence-corrected chi connectivity index (χ0v) is 13.4. The van der Waals surface area contributed by atoms with Crippen LogP contribution in [-0.4, -0.2) is 74.0 Å². The van der Waals surface area contributed by atoms with Crippen LogP contribution in [-0.2, 0) is 24.3 Å². The maximum absolute atomic E-state index is 12.1. The van der Waals surface area contributed by atoms with Crippen LogP contribution in [0.1, 0.15) is 13.8 Å². The number of halogens is 3. The summed E-state index contributed by atoms with van der Waals surface area (Å²) < 4.78 is 64.7. The van der Waals surface area contributed by atoms with Crippen molar-refractivity contribution in [2.75, 3.05) is 32.1 Å². The lowest BCUT2D eigenvalue weighted by atomic mass is 10.3. The van der Waals surface area contributed by atoms with Crippen molar-refractivity contribution in [3.8, 4) is 0 Å². The van der Waals surface area contributed by atoms with E-state index < -0.39 is 53.1 Å². The third kappa shape index (κ3) is 9.36. The SMILES string of the molecule is CC(=O)NCCN(C(C)C(=O)O)S(=O)(=O)CCOCC(F)(F)F. The Morgan fingerprint density at radius 1 is 1.35 bits per heavy atom. The lowest BCUT2D eigenvalue weighted by molar-refractivity contribution is -0.172. The number of aliphatic carboxylic acids is 1. The van der Waals surface area contributed by atoms with Crippen molar-refractivity contribution in [3.05, 3.63) is 0 Å². The van der Waals surface area contributed by atoms with Gasteiger partial charge in [0.05, 0.1) is 12.4 Å². The summed E-state index contributed by atoms with van der Waals surface area (Å²) >= 11 is 0. The number of nitrogens with zero attached hydrogens (tertiary/aromatic N) is 1. The van der Waals surface area contributed by atoms with Gasteiger partial charge in [-0.3, -0.25) is 9.59 Å². The Kier molecular flexibility index (Phi) is 8.48. The molecule has 1 amide bonds. The third-order valence-electron chi connectivity index (χ3n) is 2.60. The fraction of sp³-hybridized carbons (Fsp3) is 0.818. The number of carboxylic acid groups (broad SMARTS) is 1. The van der Waals surface area contributed by atoms with Crippen LogP contribution < -0.4 is 5.32 Å². The van der Waals surface area contributed by atoms with E-state index in [9.17, 15) is 31.2 Å². The molecule has 0 aliphatic heterocycles. The topological polar surface area (TPSA) is 113 Å². The van der Waals surface area contributed by atoms with E-state index in [1.165, 1.54) is 6.92 Å². The van der Waals surface area contributed by atoms with E-state index in [0.717, 1.165) is 6.92 Å². The van der Waals surface area contributed by atoms with Crippen molar-refractivity contribution < 1.29 is 41.0 Å². The molecule has 0 radical (unpaired) electrons. The predicted octanol–water partition coefficient (Wildman–Crippen LogP) is -0.194. The number of ether oxygens (including phenoxy) is 1. The molecular weight excluding hydrogens is 345 g/mol. The molecule has 1 atom stereocenters. The van der Waals surface area contributed by atoms with Crippen molar-refractivity contribution in [2.24, 2.45) is 0 Å². The summed E-state index contributed by atoms with van der Waals surface area (Å²) in [6.07, 6.45) is -4.58. The minimum Gasteiger partial charge on any atom is -0.480 e. The van der Waals surface area contributed by atoms with Gasteiger partial charge in [0.1, 0.15) is 12.6 Å². The highest BCUT2D eigenvalue weighted by Crippen LogP contribution is 2.15. The van der Waals surface area contributed by atoms with E-state index in [1.807, 2.05) is 0 Å². The number of carbonyl (C=O) groups excluding carboxylic acids is 1. The number of amides is 1. The second-order valence-corrected chi connectivity index (χ2v) is 6.63. The predicted molar refractivity (Wildman–Crippen MR) is 73.1 cm³/mol. The van der Waals surface area contributed by atoms with Gasteiger partial charge < -0.3 is 15.2 Å². The monoisotopic (exact) mass is 364 g/mol. The summed E-state index contributed by atoms with van der Waals surface area (Å²) in [6.45, 7) is -0.466. The van der Waals surface area contributed by atoms with Crippen molar-refractivity contribution in [1.82, 2.24) is 9.62 Å². The van der Waals surface area contributed by atoms with Gasteiger partial charge in [0.2, 0.25) is 15.9 Å². The fourth-order valence-corrected chi connectivity index (χ4v) is 3.01. The Bertz CT molecular complexity index is 508. The molecule has 0 rings (SSSR count). The molecule has 0 saturated heterocycles. The maximum Gasteiger partial charge on any atom is 0.411 e. The lowest BCUT2D eigenvalue weighted by Gasteiger charge is -2.25. The van der Waals surface area contributed by atoms with Gasteiger partial charge >= 0.3 is 12.1 Å². The van der Waals surface area contributed by atoms with Gasteiger partial charge in [-0.2, -0.15) is 17.5 Å². The van der Waals surface area contributed by atoms with Gasteiger partial charge in [-0.15, -0.1) is 0 Å². The molecule has 8 nitrogen and oxygen atoms in total. The van der Waals surface area contributed by atoms with Crippen molar-refractivity contribution >= 4 is 21.9 Å². The smallest absolute Gasteiger partial charge is 0.411 e. The average Bonchev–Trinajstić information content (AvgIpc) is 2.37. The number of rotatable bonds is 10. The number of hydrogen-bond acceptors (Lipinski definition) is 5. The zero-order chi connectivity index (χ0) is 18.3. The van der Waals surface area contributed by atoms with E-state index in [2.05, 4.69) is 10.1 Å². The highest BCUT2D eigenvalue weighted by atomic mass is 32.2. The minimum atomic E-state index is -4.58. The fourth-order valence-electron chi connectivity index (χ4n) is 1.51. The first-order valence-corrected chi connectivity index (χ1v) is 8.09. The second-order valence-electron chi connectivity index (χ2n) is 4.59. The highest BCUT2D eigenvalue weighted by molar-refractivity contribution is 7.89. The molecular formula is C11H19F3N2O6S. The largest absolute Gasteiger partial charge is 0.480 e. The van der Waals surface area contributed by atoms with Crippen LogP contribution in [0.4, 0.5) is 13.2 Å². The summed E-state index contributed by atoms with van der Waals surface area (Å²) in [4.78, 5) is 21.7.